The van der Waals surface area contributed by atoms with Crippen LogP contribution in [0.5, 0.6) is 0 Å². The van der Waals surface area contributed by atoms with E-state index in [2.05, 4.69) is 16.1 Å². The number of nitrogens with two attached hydrogens (primary N) is 1. The molecule has 0 unspecified atom stereocenters. The number of thioether (sulfide) groups is 2. The Morgan fingerprint density at radius 3 is 2.80 bits per heavy atom. The van der Waals surface area contributed by atoms with Gasteiger partial charge in [-0.15, -0.1) is 0 Å². The lowest BCUT2D eigenvalue weighted by molar-refractivity contribution is 0.455. The van der Waals surface area contributed by atoms with E-state index in [-0.39, 0.29) is 0 Å². The summed E-state index contributed by atoms with van der Waals surface area (Å²) in [6.45, 7) is 3.01. The van der Waals surface area contributed by atoms with E-state index in [0.29, 0.717) is 0 Å². The van der Waals surface area contributed by atoms with Crippen molar-refractivity contribution < 1.29 is 0 Å². The van der Waals surface area contributed by atoms with Crippen LogP contribution in [0.15, 0.2) is 4.99 Å². The third kappa shape index (κ3) is 5.56. The van der Waals surface area contributed by atoms with E-state index < -0.39 is 0 Å². The molecule has 0 radical (unpaired) electrons. The predicted octanol–water partition coefficient (Wildman–Crippen LogP) is 1.49. The summed E-state index contributed by atoms with van der Waals surface area (Å²) in [5, 5.41) is 0. The highest BCUT2D eigenvalue weighted by Gasteiger charge is 2.11. The summed E-state index contributed by atoms with van der Waals surface area (Å²) in [4.78, 5) is 6.62. The van der Waals surface area contributed by atoms with Gasteiger partial charge in [0.2, 0.25) is 0 Å². The Hall–Kier alpha value is -0.0300. The van der Waals surface area contributed by atoms with Crippen LogP contribution in [0, 0.1) is 0 Å². The van der Waals surface area contributed by atoms with Gasteiger partial charge in [-0.1, -0.05) is 0 Å². The minimum Gasteiger partial charge on any atom is -0.370 e. The van der Waals surface area contributed by atoms with Gasteiger partial charge >= 0.3 is 0 Å². The molecule has 1 rings (SSSR count). The van der Waals surface area contributed by atoms with Crippen molar-refractivity contribution in [2.75, 3.05) is 43.1 Å². The normalized spacial score (nSPS) is 18.2. The number of hydrogen-bond acceptors (Lipinski definition) is 3. The Bertz CT molecular complexity index is 191. The van der Waals surface area contributed by atoms with Crippen molar-refractivity contribution in [3.05, 3.63) is 0 Å². The molecule has 0 spiro atoms. The van der Waals surface area contributed by atoms with Crippen LogP contribution >= 0.6 is 23.5 Å². The van der Waals surface area contributed by atoms with E-state index >= 15 is 0 Å². The number of rotatable bonds is 5. The molecule has 0 atom stereocenters. The fraction of sp³-hybridized carbons (Fsp3) is 0.900. The number of guanidine groups is 1. The Balaban J connectivity index is 2.13. The summed E-state index contributed by atoms with van der Waals surface area (Å²) < 4.78 is 0. The third-order valence-corrected chi connectivity index (χ3v) is 4.00. The van der Waals surface area contributed by atoms with Crippen LogP contribution in [0.4, 0.5) is 0 Å². The predicted molar refractivity (Wildman–Crippen MR) is 73.0 cm³/mol. The maximum absolute atomic E-state index is 5.92. The zero-order valence-electron chi connectivity index (χ0n) is 9.45. The molecule has 1 aliphatic heterocycles. The topological polar surface area (TPSA) is 41.6 Å². The highest BCUT2D eigenvalue weighted by molar-refractivity contribution is 7.99. The van der Waals surface area contributed by atoms with Crippen molar-refractivity contribution in [1.29, 1.82) is 0 Å². The summed E-state index contributed by atoms with van der Waals surface area (Å²) in [6.07, 6.45) is 4.54. The monoisotopic (exact) mass is 247 g/mol. The first-order valence-corrected chi connectivity index (χ1v) is 8.01. The van der Waals surface area contributed by atoms with Crippen LogP contribution in [0.1, 0.15) is 12.8 Å². The molecule has 1 heterocycles. The van der Waals surface area contributed by atoms with Gasteiger partial charge in [0.25, 0.3) is 0 Å². The van der Waals surface area contributed by atoms with Crippen LogP contribution < -0.4 is 5.73 Å². The molecule has 5 heteroatoms. The average Bonchev–Trinajstić information content (AvgIpc) is 2.30. The van der Waals surface area contributed by atoms with Crippen molar-refractivity contribution in [3.8, 4) is 0 Å². The first kappa shape index (κ1) is 13.0. The zero-order valence-corrected chi connectivity index (χ0v) is 11.1. The van der Waals surface area contributed by atoms with Gasteiger partial charge < -0.3 is 10.6 Å². The molecule has 0 aromatic carbocycles. The maximum Gasteiger partial charge on any atom is 0.191 e. The molecule has 2 N–H and O–H groups in total. The standard InChI is InChI=1S/C10H21N3S2/c1-14-7-3-2-4-12-10(11)13-5-8-15-9-6-13/h2-9H2,1H3,(H2,11,12). The van der Waals surface area contributed by atoms with Crippen molar-refractivity contribution in [1.82, 2.24) is 4.90 Å². The highest BCUT2D eigenvalue weighted by atomic mass is 32.2. The van der Waals surface area contributed by atoms with E-state index in [9.17, 15) is 0 Å². The van der Waals surface area contributed by atoms with Gasteiger partial charge in [0.1, 0.15) is 0 Å². The number of unbranched alkanes of at least 4 members (excludes halogenated alkanes) is 1. The Labute approximate surface area is 101 Å². The van der Waals surface area contributed by atoms with E-state index in [1.807, 2.05) is 23.5 Å². The molecular weight excluding hydrogens is 226 g/mol. The first-order valence-electron chi connectivity index (χ1n) is 5.46. The summed E-state index contributed by atoms with van der Waals surface area (Å²) in [6, 6.07) is 0. The molecule has 88 valence electrons. The molecule has 0 bridgehead atoms. The van der Waals surface area contributed by atoms with Crippen molar-refractivity contribution >= 4 is 29.5 Å². The lowest BCUT2D eigenvalue weighted by atomic mass is 10.3. The maximum atomic E-state index is 5.92. The molecular formula is C10H21N3S2. The van der Waals surface area contributed by atoms with Gasteiger partial charge in [0.15, 0.2) is 5.96 Å². The fourth-order valence-electron chi connectivity index (χ4n) is 1.44. The SMILES string of the molecule is CSCCCCN=C(N)N1CCSCC1. The summed E-state index contributed by atoms with van der Waals surface area (Å²) in [7, 11) is 0. The van der Waals surface area contributed by atoms with Crippen LogP contribution in [-0.2, 0) is 0 Å². The smallest absolute Gasteiger partial charge is 0.191 e. The molecule has 0 aromatic heterocycles. The summed E-state index contributed by atoms with van der Waals surface area (Å²) in [5.41, 5.74) is 5.92. The molecule has 3 nitrogen and oxygen atoms in total. The molecule has 0 aromatic rings. The second kappa shape index (κ2) is 8.16. The fourth-order valence-corrected chi connectivity index (χ4v) is 2.84. The number of aliphatic imine (C=N–C) groups is 1. The third-order valence-electron chi connectivity index (χ3n) is 2.37. The Morgan fingerprint density at radius 1 is 1.40 bits per heavy atom. The first-order chi connectivity index (χ1) is 7.34. The minimum atomic E-state index is 0.749. The van der Waals surface area contributed by atoms with Gasteiger partial charge in [0.05, 0.1) is 0 Å². The average molecular weight is 247 g/mol. The van der Waals surface area contributed by atoms with Crippen LogP contribution in [0.25, 0.3) is 0 Å². The molecule has 1 aliphatic rings. The summed E-state index contributed by atoms with van der Waals surface area (Å²) >= 11 is 3.89. The van der Waals surface area contributed by atoms with Gasteiger partial charge in [-0.25, -0.2) is 0 Å². The van der Waals surface area contributed by atoms with E-state index in [1.54, 1.807) is 0 Å². The van der Waals surface area contributed by atoms with E-state index in [0.717, 1.165) is 32.0 Å². The van der Waals surface area contributed by atoms with Crippen LogP contribution in [0.2, 0.25) is 0 Å². The highest BCUT2D eigenvalue weighted by Crippen LogP contribution is 2.08. The molecule has 1 saturated heterocycles. The Morgan fingerprint density at radius 2 is 2.13 bits per heavy atom. The van der Waals surface area contributed by atoms with Crippen LogP contribution in [0.3, 0.4) is 0 Å². The second-order valence-electron chi connectivity index (χ2n) is 3.54. The van der Waals surface area contributed by atoms with Crippen molar-refractivity contribution in [3.63, 3.8) is 0 Å². The number of nitrogens with zero attached hydrogens (tertiary/aromatic N) is 2. The van der Waals surface area contributed by atoms with Crippen molar-refractivity contribution in [2.45, 2.75) is 12.8 Å². The zero-order chi connectivity index (χ0) is 10.9. The molecule has 1 fully saturated rings. The summed E-state index contributed by atoms with van der Waals surface area (Å²) in [5.74, 6) is 4.35. The van der Waals surface area contributed by atoms with E-state index in [4.69, 9.17) is 5.73 Å². The van der Waals surface area contributed by atoms with Gasteiger partial charge in [-0.05, 0) is 24.9 Å². The van der Waals surface area contributed by atoms with Gasteiger partial charge in [-0.3, -0.25) is 4.99 Å². The van der Waals surface area contributed by atoms with Gasteiger partial charge in [-0.2, -0.15) is 23.5 Å². The molecule has 15 heavy (non-hydrogen) atoms. The second-order valence-corrected chi connectivity index (χ2v) is 5.75. The lowest BCUT2D eigenvalue weighted by Crippen LogP contribution is -2.42. The molecule has 0 amide bonds. The van der Waals surface area contributed by atoms with Crippen molar-refractivity contribution in [2.24, 2.45) is 10.7 Å². The van der Waals surface area contributed by atoms with Gasteiger partial charge in [0, 0.05) is 31.1 Å². The molecule has 0 aliphatic carbocycles. The minimum absolute atomic E-state index is 0.749. The van der Waals surface area contributed by atoms with E-state index in [1.165, 1.54) is 23.7 Å². The Kier molecular flexibility index (Phi) is 7.09. The number of hydrogen-bond donors (Lipinski definition) is 1. The van der Waals surface area contributed by atoms with Crippen LogP contribution in [-0.4, -0.2) is 54.0 Å². The lowest BCUT2D eigenvalue weighted by Gasteiger charge is -2.27. The quantitative estimate of drug-likeness (QED) is 0.454. The molecule has 0 saturated carbocycles. The largest absolute Gasteiger partial charge is 0.370 e.